The van der Waals surface area contributed by atoms with Crippen LogP contribution in [0.1, 0.15) is 245 Å². The Kier molecular flexibility index (Phi) is 39.8. The lowest BCUT2D eigenvalue weighted by atomic mass is 10.0. The molecule has 0 aliphatic rings. The lowest BCUT2D eigenvalue weighted by Gasteiger charge is -2.20. The van der Waals surface area contributed by atoms with Gasteiger partial charge in [0, 0.05) is 6.42 Å². The van der Waals surface area contributed by atoms with Crippen molar-refractivity contribution in [2.75, 3.05) is 6.61 Å². The molecule has 0 aliphatic heterocycles. The van der Waals surface area contributed by atoms with E-state index in [9.17, 15) is 15.0 Å². The normalized spacial score (nSPS) is 13.0. The fraction of sp³-hybridized carbons (Fsp3) is 0.932. The van der Waals surface area contributed by atoms with Gasteiger partial charge in [-0.15, -0.1) is 0 Å². The summed E-state index contributed by atoms with van der Waals surface area (Å²) >= 11 is 0. The monoisotopic (exact) mass is 678 g/mol. The molecule has 2 atom stereocenters. The van der Waals surface area contributed by atoms with Crippen LogP contribution in [0.25, 0.3) is 0 Å². The number of nitrogens with one attached hydrogen (secondary N) is 1. The van der Waals surface area contributed by atoms with Crippen LogP contribution in [-0.2, 0) is 4.79 Å². The van der Waals surface area contributed by atoms with Gasteiger partial charge in [-0.3, -0.25) is 4.79 Å². The van der Waals surface area contributed by atoms with Gasteiger partial charge in [-0.05, 0) is 19.3 Å². The summed E-state index contributed by atoms with van der Waals surface area (Å²) < 4.78 is 0. The van der Waals surface area contributed by atoms with E-state index in [4.69, 9.17) is 0 Å². The molecule has 0 aromatic carbocycles. The van der Waals surface area contributed by atoms with Crippen LogP contribution in [0.5, 0.6) is 0 Å². The molecule has 1 amide bonds. The second-order valence-electron chi connectivity index (χ2n) is 15.1. The van der Waals surface area contributed by atoms with Gasteiger partial charge in [0.1, 0.15) is 0 Å². The van der Waals surface area contributed by atoms with Crippen LogP contribution in [0.3, 0.4) is 0 Å². The van der Waals surface area contributed by atoms with Crippen LogP contribution < -0.4 is 5.32 Å². The third kappa shape index (κ3) is 36.4. The number of unbranched alkanes of at least 4 members (excludes halogenated alkanes) is 33. The Morgan fingerprint density at radius 1 is 0.479 bits per heavy atom. The van der Waals surface area contributed by atoms with Crippen molar-refractivity contribution in [2.45, 2.75) is 257 Å². The van der Waals surface area contributed by atoms with Crippen molar-refractivity contribution < 1.29 is 15.0 Å². The highest BCUT2D eigenvalue weighted by atomic mass is 16.3. The molecule has 0 saturated heterocycles. The number of carbonyl (C=O) groups excluding carboxylic acids is 1. The van der Waals surface area contributed by atoms with Crippen molar-refractivity contribution in [3.05, 3.63) is 12.2 Å². The number of amides is 1. The van der Waals surface area contributed by atoms with Gasteiger partial charge in [0.25, 0.3) is 0 Å². The first-order chi connectivity index (χ1) is 23.7. The molecule has 3 N–H and O–H groups in total. The van der Waals surface area contributed by atoms with Crippen LogP contribution >= 0.6 is 0 Å². The minimum Gasteiger partial charge on any atom is -0.394 e. The topological polar surface area (TPSA) is 69.6 Å². The first kappa shape index (κ1) is 47.1. The molecule has 0 aromatic rings. The molecule has 0 aromatic heterocycles. The van der Waals surface area contributed by atoms with Gasteiger partial charge in [0.2, 0.25) is 5.91 Å². The highest BCUT2D eigenvalue weighted by Gasteiger charge is 2.17. The van der Waals surface area contributed by atoms with E-state index in [0.29, 0.717) is 6.42 Å². The molecule has 4 heteroatoms. The lowest BCUT2D eigenvalue weighted by molar-refractivity contribution is -0.123. The standard InChI is InChI=1S/C44H87NO3/c1-3-5-7-9-11-13-15-16-17-18-19-20-21-22-23-24-25-26-27-28-30-31-33-35-37-39-43(47)42(41-46)45-44(48)40-38-36-34-32-29-14-12-10-8-6-4-2/h37,39,42-43,46-47H,3-36,38,40-41H2,1-2H3,(H,45,48)/b39-37+. The molecular formula is C44H87NO3. The van der Waals surface area contributed by atoms with E-state index >= 15 is 0 Å². The van der Waals surface area contributed by atoms with E-state index in [2.05, 4.69) is 19.2 Å². The van der Waals surface area contributed by atoms with E-state index in [1.165, 1.54) is 199 Å². The Morgan fingerprint density at radius 3 is 1.08 bits per heavy atom. The SMILES string of the molecule is CCCCCCCCCCCCCCCCCCCCCCCCC/C=C/C(O)C(CO)NC(=O)CCCCCCCCCCCCC. The minimum absolute atomic E-state index is 0.0627. The van der Waals surface area contributed by atoms with E-state index in [0.717, 1.165) is 25.7 Å². The predicted octanol–water partition coefficient (Wildman–Crippen LogP) is 13.5. The maximum atomic E-state index is 12.3. The second-order valence-corrected chi connectivity index (χ2v) is 15.1. The number of aliphatic hydroxyl groups is 2. The maximum Gasteiger partial charge on any atom is 0.220 e. The molecule has 0 bridgehead atoms. The van der Waals surface area contributed by atoms with E-state index < -0.39 is 12.1 Å². The third-order valence-corrected chi connectivity index (χ3v) is 10.3. The highest BCUT2D eigenvalue weighted by Crippen LogP contribution is 2.16. The third-order valence-electron chi connectivity index (χ3n) is 10.3. The van der Waals surface area contributed by atoms with Crippen molar-refractivity contribution in [1.82, 2.24) is 5.32 Å². The van der Waals surface area contributed by atoms with Gasteiger partial charge in [0.15, 0.2) is 0 Å². The van der Waals surface area contributed by atoms with Crippen molar-refractivity contribution in [3.63, 3.8) is 0 Å². The lowest BCUT2D eigenvalue weighted by Crippen LogP contribution is -2.45. The highest BCUT2D eigenvalue weighted by molar-refractivity contribution is 5.76. The minimum atomic E-state index is -0.833. The summed E-state index contributed by atoms with van der Waals surface area (Å²) in [5.74, 6) is -0.0627. The van der Waals surface area contributed by atoms with E-state index in [1.807, 2.05) is 6.08 Å². The Balaban J connectivity index is 3.47. The Hall–Kier alpha value is -0.870. The average Bonchev–Trinajstić information content (AvgIpc) is 3.09. The van der Waals surface area contributed by atoms with Gasteiger partial charge in [-0.2, -0.15) is 0 Å². The first-order valence-electron chi connectivity index (χ1n) is 21.9. The number of rotatable bonds is 40. The molecule has 0 rings (SSSR count). The smallest absolute Gasteiger partial charge is 0.220 e. The van der Waals surface area contributed by atoms with Crippen molar-refractivity contribution >= 4 is 5.91 Å². The zero-order chi connectivity index (χ0) is 35.0. The Morgan fingerprint density at radius 2 is 0.771 bits per heavy atom. The Labute approximate surface area is 301 Å². The van der Waals surface area contributed by atoms with Crippen LogP contribution in [0.15, 0.2) is 12.2 Å². The summed E-state index contributed by atoms with van der Waals surface area (Å²) in [7, 11) is 0. The number of allylic oxidation sites excluding steroid dienone is 1. The summed E-state index contributed by atoms with van der Waals surface area (Å²) in [5.41, 5.74) is 0. The van der Waals surface area contributed by atoms with Crippen molar-refractivity contribution in [1.29, 1.82) is 0 Å². The number of carbonyl (C=O) groups is 1. The quantitative estimate of drug-likeness (QED) is 0.0446. The zero-order valence-corrected chi connectivity index (χ0v) is 32.8. The van der Waals surface area contributed by atoms with Gasteiger partial charge in [-0.25, -0.2) is 0 Å². The summed E-state index contributed by atoms with van der Waals surface area (Å²) in [6.45, 7) is 4.31. The maximum absolute atomic E-state index is 12.3. The van der Waals surface area contributed by atoms with E-state index in [1.54, 1.807) is 6.08 Å². The summed E-state index contributed by atoms with van der Waals surface area (Å²) in [4.78, 5) is 12.3. The molecule has 0 radical (unpaired) electrons. The fourth-order valence-electron chi connectivity index (χ4n) is 6.89. The van der Waals surface area contributed by atoms with Crippen LogP contribution in [0, 0.1) is 0 Å². The van der Waals surface area contributed by atoms with Gasteiger partial charge in [0.05, 0.1) is 18.8 Å². The van der Waals surface area contributed by atoms with Gasteiger partial charge < -0.3 is 15.5 Å². The van der Waals surface area contributed by atoms with Crippen LogP contribution in [-0.4, -0.2) is 34.9 Å². The molecule has 4 nitrogen and oxygen atoms in total. The summed E-state index contributed by atoms with van der Waals surface area (Å²) in [6, 6.07) is -0.615. The second kappa shape index (κ2) is 40.6. The predicted molar refractivity (Wildman–Crippen MR) is 212 cm³/mol. The van der Waals surface area contributed by atoms with Crippen molar-refractivity contribution in [2.24, 2.45) is 0 Å². The first-order valence-corrected chi connectivity index (χ1v) is 21.9. The number of hydrogen-bond acceptors (Lipinski definition) is 3. The zero-order valence-electron chi connectivity index (χ0n) is 32.8. The molecule has 286 valence electrons. The summed E-state index contributed by atoms with van der Waals surface area (Å²) in [6.07, 6.45) is 50.4. The molecule has 0 heterocycles. The Bertz CT molecular complexity index is 651. The van der Waals surface area contributed by atoms with E-state index in [-0.39, 0.29) is 12.5 Å². The van der Waals surface area contributed by atoms with Crippen LogP contribution in [0.4, 0.5) is 0 Å². The molecule has 0 spiro atoms. The number of aliphatic hydroxyl groups excluding tert-OH is 2. The summed E-state index contributed by atoms with van der Waals surface area (Å²) in [5, 5.41) is 23.0. The molecule has 0 saturated carbocycles. The number of hydrogen-bond donors (Lipinski definition) is 3. The molecule has 0 fully saturated rings. The largest absolute Gasteiger partial charge is 0.394 e. The van der Waals surface area contributed by atoms with Crippen LogP contribution in [0.2, 0.25) is 0 Å². The molecule has 48 heavy (non-hydrogen) atoms. The average molecular weight is 678 g/mol. The molecular weight excluding hydrogens is 590 g/mol. The molecule has 2 unspecified atom stereocenters. The fourth-order valence-corrected chi connectivity index (χ4v) is 6.89. The molecule has 0 aliphatic carbocycles. The van der Waals surface area contributed by atoms with Gasteiger partial charge in [-0.1, -0.05) is 231 Å². The van der Waals surface area contributed by atoms with Gasteiger partial charge >= 0.3 is 0 Å². The van der Waals surface area contributed by atoms with Crippen molar-refractivity contribution in [3.8, 4) is 0 Å².